The van der Waals surface area contributed by atoms with Gasteiger partial charge in [-0.2, -0.15) is 0 Å². The molecular formula is C13H11ClF2N2O2S. The summed E-state index contributed by atoms with van der Waals surface area (Å²) in [4.78, 5) is -0.349. The van der Waals surface area contributed by atoms with E-state index in [1.165, 1.54) is 19.1 Å². The topological polar surface area (TPSA) is 72.2 Å². The molecule has 8 heteroatoms. The second-order valence-electron chi connectivity index (χ2n) is 4.35. The largest absolute Gasteiger partial charge is 0.398 e. The molecule has 21 heavy (non-hydrogen) atoms. The van der Waals surface area contributed by atoms with E-state index in [9.17, 15) is 17.2 Å². The van der Waals surface area contributed by atoms with Crippen LogP contribution in [0.1, 0.15) is 5.56 Å². The number of halogens is 3. The Morgan fingerprint density at radius 1 is 1.14 bits per heavy atom. The van der Waals surface area contributed by atoms with E-state index in [0.717, 1.165) is 18.2 Å². The van der Waals surface area contributed by atoms with Crippen molar-refractivity contribution in [3.8, 4) is 0 Å². The maximum absolute atomic E-state index is 13.6. The molecule has 0 amide bonds. The normalized spacial score (nSPS) is 11.4. The number of rotatable bonds is 3. The van der Waals surface area contributed by atoms with E-state index < -0.39 is 21.7 Å². The van der Waals surface area contributed by atoms with E-state index >= 15 is 0 Å². The number of nitrogen functional groups attached to an aromatic ring is 1. The summed E-state index contributed by atoms with van der Waals surface area (Å²) in [5, 5.41) is -0.136. The first-order chi connectivity index (χ1) is 9.70. The molecule has 0 saturated carbocycles. The number of hydrogen-bond donors (Lipinski definition) is 2. The molecule has 0 saturated heterocycles. The van der Waals surface area contributed by atoms with Crippen LogP contribution in [-0.4, -0.2) is 8.42 Å². The second-order valence-corrected chi connectivity index (χ2v) is 6.44. The molecular weight excluding hydrogens is 322 g/mol. The minimum absolute atomic E-state index is 0.0117. The first kappa shape index (κ1) is 15.5. The molecule has 0 unspecified atom stereocenters. The molecule has 2 rings (SSSR count). The summed E-state index contributed by atoms with van der Waals surface area (Å²) in [5.41, 5.74) is 5.69. The SMILES string of the molecule is Cc1c(N)cc(S(=O)(=O)Nc2ccc(Cl)c(F)c2)cc1F. The second kappa shape index (κ2) is 5.50. The van der Waals surface area contributed by atoms with Gasteiger partial charge < -0.3 is 5.73 Å². The molecule has 0 bridgehead atoms. The zero-order valence-corrected chi connectivity index (χ0v) is 12.4. The number of anilines is 2. The number of sulfonamides is 1. The van der Waals surface area contributed by atoms with Crippen molar-refractivity contribution in [2.75, 3.05) is 10.5 Å². The van der Waals surface area contributed by atoms with E-state index in [-0.39, 0.29) is 26.9 Å². The van der Waals surface area contributed by atoms with Gasteiger partial charge in [0.15, 0.2) is 0 Å². The highest BCUT2D eigenvalue weighted by molar-refractivity contribution is 7.92. The highest BCUT2D eigenvalue weighted by atomic mass is 35.5. The van der Waals surface area contributed by atoms with Gasteiger partial charge in [-0.1, -0.05) is 11.6 Å². The quantitative estimate of drug-likeness (QED) is 0.847. The van der Waals surface area contributed by atoms with Crippen LogP contribution < -0.4 is 10.5 Å². The van der Waals surface area contributed by atoms with Crippen molar-refractivity contribution in [2.24, 2.45) is 0 Å². The maximum Gasteiger partial charge on any atom is 0.262 e. The van der Waals surface area contributed by atoms with Crippen LogP contribution >= 0.6 is 11.6 Å². The Kier molecular flexibility index (Phi) is 4.06. The molecule has 2 aromatic carbocycles. The third-order valence-electron chi connectivity index (χ3n) is 2.84. The lowest BCUT2D eigenvalue weighted by Gasteiger charge is -2.10. The number of nitrogens with two attached hydrogens (primary N) is 1. The molecule has 0 aromatic heterocycles. The lowest BCUT2D eigenvalue weighted by Crippen LogP contribution is -2.14. The van der Waals surface area contributed by atoms with Gasteiger partial charge in [-0.25, -0.2) is 17.2 Å². The van der Waals surface area contributed by atoms with Crippen molar-refractivity contribution in [3.63, 3.8) is 0 Å². The first-order valence-corrected chi connectivity index (χ1v) is 7.60. The van der Waals surface area contributed by atoms with Gasteiger partial charge in [-0.3, -0.25) is 4.72 Å². The van der Waals surface area contributed by atoms with Crippen molar-refractivity contribution in [1.82, 2.24) is 0 Å². The minimum atomic E-state index is -4.08. The van der Waals surface area contributed by atoms with E-state index in [1.807, 2.05) is 0 Å². The van der Waals surface area contributed by atoms with Gasteiger partial charge in [-0.15, -0.1) is 0 Å². The Balaban J connectivity index is 2.40. The molecule has 2 aromatic rings. The zero-order chi connectivity index (χ0) is 15.8. The molecule has 0 atom stereocenters. The highest BCUT2D eigenvalue weighted by Crippen LogP contribution is 2.24. The monoisotopic (exact) mass is 332 g/mol. The van der Waals surface area contributed by atoms with Crippen molar-refractivity contribution >= 4 is 33.0 Å². The molecule has 3 N–H and O–H groups in total. The molecule has 0 aliphatic rings. The van der Waals surface area contributed by atoms with Crippen LogP contribution in [0.4, 0.5) is 20.2 Å². The van der Waals surface area contributed by atoms with Crippen LogP contribution in [0.15, 0.2) is 35.2 Å². The molecule has 0 spiro atoms. The molecule has 0 heterocycles. The Morgan fingerprint density at radius 2 is 1.81 bits per heavy atom. The lowest BCUT2D eigenvalue weighted by molar-refractivity contribution is 0.593. The van der Waals surface area contributed by atoms with Crippen molar-refractivity contribution < 1.29 is 17.2 Å². The molecule has 4 nitrogen and oxygen atoms in total. The van der Waals surface area contributed by atoms with E-state index in [1.54, 1.807) is 0 Å². The standard InChI is InChI=1S/C13H11ClF2N2O2S/c1-7-11(15)5-9(6-13(7)17)21(19,20)18-8-2-3-10(14)12(16)4-8/h2-6,18H,17H2,1H3. The van der Waals surface area contributed by atoms with Gasteiger partial charge >= 0.3 is 0 Å². The summed E-state index contributed by atoms with van der Waals surface area (Å²) >= 11 is 5.51. The van der Waals surface area contributed by atoms with Crippen LogP contribution in [0, 0.1) is 18.6 Å². The summed E-state index contributed by atoms with van der Waals surface area (Å²) in [7, 11) is -4.08. The third kappa shape index (κ3) is 3.25. The van der Waals surface area contributed by atoms with E-state index in [0.29, 0.717) is 0 Å². The van der Waals surface area contributed by atoms with Crippen LogP contribution in [0.25, 0.3) is 0 Å². The van der Waals surface area contributed by atoms with Crippen molar-refractivity contribution in [3.05, 3.63) is 52.6 Å². The fourth-order valence-electron chi connectivity index (χ4n) is 1.60. The number of nitrogens with one attached hydrogen (secondary N) is 1. The minimum Gasteiger partial charge on any atom is -0.398 e. The van der Waals surface area contributed by atoms with Gasteiger partial charge in [0.25, 0.3) is 10.0 Å². The molecule has 0 aliphatic carbocycles. The Labute approximate surface area is 125 Å². The summed E-state index contributed by atoms with van der Waals surface area (Å²) in [6.45, 7) is 1.43. The van der Waals surface area contributed by atoms with Crippen LogP contribution in [0.3, 0.4) is 0 Å². The molecule has 0 aliphatic heterocycles. The zero-order valence-electron chi connectivity index (χ0n) is 10.8. The predicted molar refractivity (Wildman–Crippen MR) is 77.8 cm³/mol. The van der Waals surface area contributed by atoms with E-state index in [4.69, 9.17) is 17.3 Å². The number of hydrogen-bond acceptors (Lipinski definition) is 3. The van der Waals surface area contributed by atoms with Crippen LogP contribution in [0.2, 0.25) is 5.02 Å². The Hall–Kier alpha value is -1.86. The fourth-order valence-corrected chi connectivity index (χ4v) is 2.82. The highest BCUT2D eigenvalue weighted by Gasteiger charge is 2.18. The Bertz CT molecular complexity index is 787. The van der Waals surface area contributed by atoms with Crippen molar-refractivity contribution in [2.45, 2.75) is 11.8 Å². The van der Waals surface area contributed by atoms with E-state index in [2.05, 4.69) is 4.72 Å². The van der Waals surface area contributed by atoms with Gasteiger partial charge in [0.1, 0.15) is 11.6 Å². The summed E-state index contributed by atoms with van der Waals surface area (Å²) < 4.78 is 53.2. The molecule has 0 fully saturated rings. The Morgan fingerprint density at radius 3 is 2.38 bits per heavy atom. The van der Waals surface area contributed by atoms with Gasteiger partial charge in [0.05, 0.1) is 15.6 Å². The maximum atomic E-state index is 13.6. The average molecular weight is 333 g/mol. The van der Waals surface area contributed by atoms with Crippen LogP contribution in [-0.2, 0) is 10.0 Å². The predicted octanol–water partition coefficient (Wildman–Crippen LogP) is 3.31. The fraction of sp³-hybridized carbons (Fsp3) is 0.0769. The molecule has 0 radical (unpaired) electrons. The first-order valence-electron chi connectivity index (χ1n) is 5.74. The van der Waals surface area contributed by atoms with Crippen molar-refractivity contribution in [1.29, 1.82) is 0 Å². The summed E-state index contributed by atoms with van der Waals surface area (Å²) in [6, 6.07) is 5.40. The molecule has 112 valence electrons. The third-order valence-corrected chi connectivity index (χ3v) is 4.51. The summed E-state index contributed by atoms with van der Waals surface area (Å²) in [5.74, 6) is -1.51. The number of benzene rings is 2. The average Bonchev–Trinajstić information content (AvgIpc) is 2.39. The van der Waals surface area contributed by atoms with Crippen LogP contribution in [0.5, 0.6) is 0 Å². The van der Waals surface area contributed by atoms with Gasteiger partial charge in [0.2, 0.25) is 0 Å². The smallest absolute Gasteiger partial charge is 0.262 e. The lowest BCUT2D eigenvalue weighted by atomic mass is 10.2. The summed E-state index contributed by atoms with van der Waals surface area (Å²) in [6.07, 6.45) is 0. The van der Waals surface area contributed by atoms with Gasteiger partial charge in [0, 0.05) is 11.3 Å². The van der Waals surface area contributed by atoms with Gasteiger partial charge in [-0.05, 0) is 37.3 Å².